The summed E-state index contributed by atoms with van der Waals surface area (Å²) in [5.41, 5.74) is 3.13. The molecule has 0 saturated heterocycles. The minimum absolute atomic E-state index is 0.479. The number of hydrogen-bond donors (Lipinski definition) is 0. The van der Waals surface area contributed by atoms with Gasteiger partial charge < -0.3 is 14.2 Å². The van der Waals surface area contributed by atoms with E-state index in [1.807, 2.05) is 18.2 Å². The first-order valence-corrected chi connectivity index (χ1v) is 5.59. The molecule has 0 amide bonds. The largest absolute Gasteiger partial charge is 0.497 e. The molecule has 0 aliphatic carbocycles. The van der Waals surface area contributed by atoms with E-state index in [2.05, 4.69) is 19.7 Å². The van der Waals surface area contributed by atoms with Gasteiger partial charge in [-0.05, 0) is 34.9 Å². The Morgan fingerprint density at radius 3 is 1.17 bits per heavy atom. The lowest BCUT2D eigenvalue weighted by Gasteiger charge is -2.09. The molecule has 1 aromatic rings. The summed E-state index contributed by atoms with van der Waals surface area (Å²) < 4.78 is 15.5. The van der Waals surface area contributed by atoms with Crippen LogP contribution < -0.4 is 0 Å². The van der Waals surface area contributed by atoms with Crippen molar-refractivity contribution in [2.75, 3.05) is 0 Å². The Kier molecular flexibility index (Phi) is 6.19. The first-order valence-electron chi connectivity index (χ1n) is 5.59. The van der Waals surface area contributed by atoms with Gasteiger partial charge in [0.15, 0.2) is 0 Å². The lowest BCUT2D eigenvalue weighted by atomic mass is 10.1. The minimum Gasteiger partial charge on any atom is -0.497 e. The quantitative estimate of drug-likeness (QED) is 0.622. The molecule has 0 atom stereocenters. The maximum atomic E-state index is 5.18. The second-order valence-electron chi connectivity index (χ2n) is 3.59. The summed E-state index contributed by atoms with van der Waals surface area (Å²) >= 11 is 0. The van der Waals surface area contributed by atoms with Gasteiger partial charge in [-0.25, -0.2) is 0 Å². The van der Waals surface area contributed by atoms with Crippen LogP contribution in [0.5, 0.6) is 0 Å². The molecule has 0 N–H and O–H groups in total. The van der Waals surface area contributed by atoms with Gasteiger partial charge >= 0.3 is 0 Å². The van der Waals surface area contributed by atoms with Gasteiger partial charge in [0.05, 0.1) is 18.8 Å². The van der Waals surface area contributed by atoms with Gasteiger partial charge in [0.25, 0.3) is 0 Å². The van der Waals surface area contributed by atoms with E-state index in [0.29, 0.717) is 19.8 Å². The van der Waals surface area contributed by atoms with E-state index in [-0.39, 0.29) is 0 Å². The van der Waals surface area contributed by atoms with E-state index in [9.17, 15) is 0 Å². The first kappa shape index (κ1) is 13.9. The molecule has 96 valence electrons. The van der Waals surface area contributed by atoms with Gasteiger partial charge in [-0.15, -0.1) is 0 Å². The summed E-state index contributed by atoms with van der Waals surface area (Å²) in [5.74, 6) is 0. The zero-order valence-corrected chi connectivity index (χ0v) is 10.4. The fourth-order valence-electron chi connectivity index (χ4n) is 1.55. The van der Waals surface area contributed by atoms with Crippen LogP contribution in [-0.2, 0) is 34.0 Å². The highest BCUT2D eigenvalue weighted by Gasteiger charge is 2.02. The standard InChI is InChI=1S/C15H18O3/c1-4-16-10-13-7-14(11-17-5-2)9-15(8-13)12-18-6-3/h4-9H,1-3,10-12H2. The van der Waals surface area contributed by atoms with Crippen LogP contribution in [0.15, 0.2) is 56.7 Å². The predicted molar refractivity (Wildman–Crippen MR) is 71.4 cm³/mol. The van der Waals surface area contributed by atoms with Gasteiger partial charge in [0.1, 0.15) is 19.8 Å². The summed E-state index contributed by atoms with van der Waals surface area (Å²) in [4.78, 5) is 0. The van der Waals surface area contributed by atoms with Crippen LogP contribution in [0, 0.1) is 0 Å². The van der Waals surface area contributed by atoms with Crippen molar-refractivity contribution >= 4 is 0 Å². The normalized spacial score (nSPS) is 9.33. The Labute approximate surface area is 108 Å². The fourth-order valence-corrected chi connectivity index (χ4v) is 1.55. The molecule has 1 rings (SSSR count). The van der Waals surface area contributed by atoms with Crippen LogP contribution in [-0.4, -0.2) is 0 Å². The van der Waals surface area contributed by atoms with Crippen LogP contribution >= 0.6 is 0 Å². The molecule has 0 radical (unpaired) electrons. The molecule has 0 bridgehead atoms. The van der Waals surface area contributed by atoms with Gasteiger partial charge in [-0.1, -0.05) is 19.7 Å². The van der Waals surface area contributed by atoms with Crippen LogP contribution in [0.3, 0.4) is 0 Å². The Morgan fingerprint density at radius 1 is 0.667 bits per heavy atom. The van der Waals surface area contributed by atoms with Gasteiger partial charge in [-0.2, -0.15) is 0 Å². The highest BCUT2D eigenvalue weighted by molar-refractivity contribution is 5.29. The van der Waals surface area contributed by atoms with Crippen molar-refractivity contribution in [3.05, 3.63) is 73.4 Å². The first-order chi connectivity index (χ1) is 8.80. The van der Waals surface area contributed by atoms with Crippen LogP contribution in [0.25, 0.3) is 0 Å². The summed E-state index contributed by atoms with van der Waals surface area (Å²) in [6.07, 6.45) is 4.27. The Morgan fingerprint density at radius 2 is 0.944 bits per heavy atom. The van der Waals surface area contributed by atoms with Gasteiger partial charge in [0.2, 0.25) is 0 Å². The third-order valence-corrected chi connectivity index (χ3v) is 2.22. The Hall–Kier alpha value is -2.16. The third-order valence-electron chi connectivity index (χ3n) is 2.22. The van der Waals surface area contributed by atoms with E-state index < -0.39 is 0 Å². The average molecular weight is 246 g/mol. The van der Waals surface area contributed by atoms with E-state index in [1.165, 1.54) is 18.8 Å². The highest BCUT2D eigenvalue weighted by atomic mass is 16.5. The van der Waals surface area contributed by atoms with Crippen LogP contribution in [0.1, 0.15) is 16.7 Å². The zero-order valence-electron chi connectivity index (χ0n) is 10.4. The van der Waals surface area contributed by atoms with E-state index >= 15 is 0 Å². The summed E-state index contributed by atoms with van der Waals surface area (Å²) in [5, 5.41) is 0. The Balaban J connectivity index is 2.83. The summed E-state index contributed by atoms with van der Waals surface area (Å²) in [6.45, 7) is 12.0. The number of ether oxygens (including phenoxy) is 3. The van der Waals surface area contributed by atoms with Crippen molar-refractivity contribution in [2.45, 2.75) is 19.8 Å². The third kappa shape index (κ3) is 4.78. The van der Waals surface area contributed by atoms with E-state index in [1.54, 1.807) is 0 Å². The number of rotatable bonds is 9. The van der Waals surface area contributed by atoms with Gasteiger partial charge in [0, 0.05) is 0 Å². The molecule has 18 heavy (non-hydrogen) atoms. The van der Waals surface area contributed by atoms with Crippen LogP contribution in [0.2, 0.25) is 0 Å². The Bertz CT molecular complexity index is 336. The molecule has 0 spiro atoms. The molecule has 1 aromatic carbocycles. The number of hydrogen-bond acceptors (Lipinski definition) is 3. The maximum Gasteiger partial charge on any atom is 0.112 e. The minimum atomic E-state index is 0.479. The molecule has 0 aromatic heterocycles. The summed E-state index contributed by atoms with van der Waals surface area (Å²) in [7, 11) is 0. The second-order valence-corrected chi connectivity index (χ2v) is 3.59. The van der Waals surface area contributed by atoms with Crippen LogP contribution in [0.4, 0.5) is 0 Å². The molecule has 0 aliphatic heterocycles. The summed E-state index contributed by atoms with van der Waals surface area (Å²) in [6, 6.07) is 6.05. The molecular formula is C15H18O3. The van der Waals surface area contributed by atoms with Crippen molar-refractivity contribution in [2.24, 2.45) is 0 Å². The highest BCUT2D eigenvalue weighted by Crippen LogP contribution is 2.14. The smallest absolute Gasteiger partial charge is 0.112 e. The van der Waals surface area contributed by atoms with Crippen molar-refractivity contribution in [3.63, 3.8) is 0 Å². The average Bonchev–Trinajstić information content (AvgIpc) is 2.40. The molecule has 0 aliphatic rings. The topological polar surface area (TPSA) is 27.7 Å². The lowest BCUT2D eigenvalue weighted by Crippen LogP contribution is -1.96. The molecule has 3 nitrogen and oxygen atoms in total. The molecule has 0 heterocycles. The monoisotopic (exact) mass is 246 g/mol. The van der Waals surface area contributed by atoms with Crippen molar-refractivity contribution in [1.29, 1.82) is 0 Å². The SMILES string of the molecule is C=COCc1cc(COC=C)cc(COC=C)c1. The molecule has 3 heteroatoms. The lowest BCUT2D eigenvalue weighted by molar-refractivity contribution is 0.226. The molecule has 0 fully saturated rings. The molecule has 0 saturated carbocycles. The number of benzene rings is 1. The maximum absolute atomic E-state index is 5.18. The predicted octanol–water partition coefficient (Wildman–Crippen LogP) is 3.67. The molecule has 0 unspecified atom stereocenters. The molecular weight excluding hydrogens is 228 g/mol. The fraction of sp³-hybridized carbons (Fsp3) is 0.200. The van der Waals surface area contributed by atoms with Gasteiger partial charge in [-0.3, -0.25) is 0 Å². The van der Waals surface area contributed by atoms with E-state index in [4.69, 9.17) is 14.2 Å². The second kappa shape index (κ2) is 8.01. The zero-order chi connectivity index (χ0) is 13.2. The van der Waals surface area contributed by atoms with Crippen molar-refractivity contribution < 1.29 is 14.2 Å². The van der Waals surface area contributed by atoms with E-state index in [0.717, 1.165) is 16.7 Å². The van der Waals surface area contributed by atoms with Crippen molar-refractivity contribution in [3.8, 4) is 0 Å². The van der Waals surface area contributed by atoms with Crippen molar-refractivity contribution in [1.82, 2.24) is 0 Å².